The van der Waals surface area contributed by atoms with Gasteiger partial charge in [0, 0.05) is 43.8 Å². The highest BCUT2D eigenvalue weighted by atomic mass is 31.1. The molecule has 8 aromatic rings. The number of hydrogen-bond acceptors (Lipinski definition) is 8. The lowest BCUT2D eigenvalue weighted by molar-refractivity contribution is 0.413. The molecule has 0 aliphatic rings. The molecule has 0 radical (unpaired) electrons. The van der Waals surface area contributed by atoms with Crippen LogP contribution in [-0.2, 0) is 10.8 Å². The van der Waals surface area contributed by atoms with Crippen LogP contribution in [0, 0.1) is 0 Å². The Balaban J connectivity index is 1.32. The van der Waals surface area contributed by atoms with E-state index in [0.717, 1.165) is 43.8 Å². The number of benzene rings is 6. The largest absolute Gasteiger partial charge is 0.497 e. The van der Waals surface area contributed by atoms with E-state index in [-0.39, 0.29) is 10.8 Å². The van der Waals surface area contributed by atoms with Gasteiger partial charge in [0.2, 0.25) is 0 Å². The van der Waals surface area contributed by atoms with E-state index in [1.807, 2.05) is 121 Å². The van der Waals surface area contributed by atoms with Gasteiger partial charge in [-0.05, 0) is 59.4 Å². The Morgan fingerprint density at radius 2 is 0.804 bits per heavy atom. The number of rotatable bonds is 7. The monoisotopic (exact) mass is 786 g/mol. The standard InChI is InChI=1S/C46H44O8P2/c1-45(2,3)37-27-29(47-7)25-35-36-26-30(48-8)28-38(46(4,5)6)44(36)54-56(53-43(35)37)52-42-24-16-12-20-34(42)33-19-11-15-23-41(33)51-55-49-39-21-13-9-17-31(39)32-18-10-14-22-40(32)50-55/h9-28H,1-8H3. The van der Waals surface area contributed by atoms with Crippen molar-refractivity contribution in [2.75, 3.05) is 14.2 Å². The van der Waals surface area contributed by atoms with Gasteiger partial charge in [0.25, 0.3) is 0 Å². The van der Waals surface area contributed by atoms with E-state index < -0.39 is 16.5 Å². The fourth-order valence-electron chi connectivity index (χ4n) is 6.81. The summed E-state index contributed by atoms with van der Waals surface area (Å²) >= 11 is 0. The summed E-state index contributed by atoms with van der Waals surface area (Å²) in [7, 11) is -0.597. The number of hydrogen-bond donors (Lipinski definition) is 0. The Hall–Kier alpha value is -5.68. The minimum Gasteiger partial charge on any atom is -0.497 e. The molecule has 56 heavy (non-hydrogen) atoms. The van der Waals surface area contributed by atoms with Crippen LogP contribution >= 0.6 is 16.5 Å². The molecule has 8 nitrogen and oxygen atoms in total. The van der Waals surface area contributed by atoms with Crippen molar-refractivity contribution in [3.05, 3.63) is 132 Å². The molecule has 0 spiro atoms. The Labute approximate surface area is 327 Å². The van der Waals surface area contributed by atoms with Gasteiger partial charge < -0.3 is 35.3 Å². The quantitative estimate of drug-likeness (QED) is 0.158. The summed E-state index contributed by atoms with van der Waals surface area (Å²) < 4.78 is 51.9. The summed E-state index contributed by atoms with van der Waals surface area (Å²) in [5.74, 6) is 2.56. The Bertz CT molecular complexity index is 2680. The molecule has 286 valence electrons. The van der Waals surface area contributed by atoms with Crippen molar-refractivity contribution < 1.29 is 35.3 Å². The van der Waals surface area contributed by atoms with Crippen LogP contribution in [0.25, 0.3) is 55.0 Å². The second-order valence-electron chi connectivity index (χ2n) is 15.6. The molecule has 0 N–H and O–H groups in total. The van der Waals surface area contributed by atoms with Gasteiger partial charge in [-0.25, -0.2) is 0 Å². The molecular weight excluding hydrogens is 742 g/mol. The van der Waals surface area contributed by atoms with Crippen LogP contribution in [0.4, 0.5) is 0 Å². The van der Waals surface area contributed by atoms with Crippen molar-refractivity contribution in [1.82, 2.24) is 0 Å². The summed E-state index contributed by atoms with van der Waals surface area (Å²) in [5.41, 5.74) is 5.59. The zero-order valence-electron chi connectivity index (χ0n) is 32.7. The maximum absolute atomic E-state index is 6.92. The molecule has 0 aliphatic carbocycles. The third kappa shape index (κ3) is 7.23. The van der Waals surface area contributed by atoms with Crippen LogP contribution < -0.4 is 18.5 Å². The van der Waals surface area contributed by atoms with Gasteiger partial charge >= 0.3 is 16.5 Å². The second-order valence-corrected chi connectivity index (χ2v) is 17.6. The molecule has 0 atom stereocenters. The molecule has 10 heteroatoms. The fraction of sp³-hybridized carbons (Fsp3) is 0.217. The highest BCUT2D eigenvalue weighted by Gasteiger charge is 2.27. The van der Waals surface area contributed by atoms with Gasteiger partial charge in [-0.15, -0.1) is 0 Å². The van der Waals surface area contributed by atoms with Crippen LogP contribution in [0.5, 0.6) is 23.0 Å². The highest BCUT2D eigenvalue weighted by Crippen LogP contribution is 2.48. The first-order chi connectivity index (χ1) is 26.9. The van der Waals surface area contributed by atoms with Crippen molar-refractivity contribution in [3.63, 3.8) is 0 Å². The number of ether oxygens (including phenoxy) is 2. The van der Waals surface area contributed by atoms with E-state index in [0.29, 0.717) is 45.3 Å². The third-order valence-electron chi connectivity index (χ3n) is 9.65. The predicted molar refractivity (Wildman–Crippen MR) is 227 cm³/mol. The second kappa shape index (κ2) is 14.8. The summed E-state index contributed by atoms with van der Waals surface area (Å²) in [6.45, 7) is 12.9. The maximum Gasteiger partial charge on any atom is 0.453 e. The average Bonchev–Trinajstić information content (AvgIpc) is 3.44. The molecule has 0 saturated carbocycles. The number of para-hydroxylation sites is 4. The minimum absolute atomic E-state index is 0.310. The zero-order valence-corrected chi connectivity index (χ0v) is 34.5. The zero-order chi connectivity index (χ0) is 39.2. The van der Waals surface area contributed by atoms with E-state index in [2.05, 4.69) is 41.5 Å². The number of fused-ring (bicyclic) bond motifs is 6. The van der Waals surface area contributed by atoms with Crippen LogP contribution in [0.15, 0.2) is 138 Å². The lowest BCUT2D eigenvalue weighted by Crippen LogP contribution is -2.12. The molecule has 0 aliphatic heterocycles. The molecule has 2 heterocycles. The van der Waals surface area contributed by atoms with Gasteiger partial charge in [-0.1, -0.05) is 114 Å². The first kappa shape index (κ1) is 37.3. The van der Waals surface area contributed by atoms with Gasteiger partial charge in [0.15, 0.2) is 0 Å². The van der Waals surface area contributed by atoms with Crippen LogP contribution in [0.1, 0.15) is 52.7 Å². The molecule has 0 amide bonds. The van der Waals surface area contributed by atoms with Crippen molar-refractivity contribution in [2.45, 2.75) is 52.4 Å². The van der Waals surface area contributed by atoms with Crippen molar-refractivity contribution in [3.8, 4) is 34.1 Å². The lowest BCUT2D eigenvalue weighted by Gasteiger charge is -2.21. The molecule has 0 saturated heterocycles. The van der Waals surface area contributed by atoms with Crippen molar-refractivity contribution in [1.29, 1.82) is 0 Å². The summed E-state index contributed by atoms with van der Waals surface area (Å²) in [5, 5.41) is 3.56. The molecule has 0 bridgehead atoms. The Morgan fingerprint density at radius 3 is 1.21 bits per heavy atom. The average molecular weight is 787 g/mol. The Morgan fingerprint density at radius 1 is 0.429 bits per heavy atom. The van der Waals surface area contributed by atoms with E-state index in [1.165, 1.54) is 0 Å². The molecule has 2 aromatic heterocycles. The Kier molecular flexibility index (Phi) is 9.82. The van der Waals surface area contributed by atoms with E-state index in [9.17, 15) is 0 Å². The van der Waals surface area contributed by atoms with Gasteiger partial charge in [0.05, 0.1) is 14.2 Å². The third-order valence-corrected chi connectivity index (χ3v) is 11.7. The van der Waals surface area contributed by atoms with Gasteiger partial charge in [-0.2, -0.15) is 0 Å². The maximum atomic E-state index is 6.92. The molecule has 0 fully saturated rings. The summed E-state index contributed by atoms with van der Waals surface area (Å²) in [4.78, 5) is 0. The van der Waals surface area contributed by atoms with Gasteiger partial charge in [-0.3, -0.25) is 0 Å². The highest BCUT2D eigenvalue weighted by molar-refractivity contribution is 7.32. The molecule has 0 unspecified atom stereocenters. The van der Waals surface area contributed by atoms with E-state index >= 15 is 0 Å². The van der Waals surface area contributed by atoms with Crippen molar-refractivity contribution >= 4 is 60.4 Å². The smallest absolute Gasteiger partial charge is 0.453 e. The summed E-state index contributed by atoms with van der Waals surface area (Å²) in [6, 6.07) is 39.4. The van der Waals surface area contributed by atoms with Crippen LogP contribution in [-0.4, -0.2) is 14.2 Å². The van der Waals surface area contributed by atoms with E-state index in [4.69, 9.17) is 35.3 Å². The molecule has 6 aromatic carbocycles. The first-order valence-corrected chi connectivity index (χ1v) is 20.6. The minimum atomic E-state index is -2.06. The number of methoxy groups -OCH3 is 2. The predicted octanol–water partition coefficient (Wildman–Crippen LogP) is 14.9. The fourth-order valence-corrected chi connectivity index (χ4v) is 9.00. The van der Waals surface area contributed by atoms with E-state index in [1.54, 1.807) is 14.2 Å². The first-order valence-electron chi connectivity index (χ1n) is 18.4. The summed E-state index contributed by atoms with van der Waals surface area (Å²) in [6.07, 6.45) is 0. The van der Waals surface area contributed by atoms with Crippen molar-refractivity contribution in [2.24, 2.45) is 0 Å². The normalized spacial score (nSPS) is 11.9. The molecular formula is C46H44O8P2. The van der Waals surface area contributed by atoms with Crippen LogP contribution in [0.2, 0.25) is 0 Å². The topological polar surface area (TPSA) is 89.5 Å². The lowest BCUT2D eigenvalue weighted by atomic mass is 9.84. The van der Waals surface area contributed by atoms with Gasteiger partial charge in [0.1, 0.15) is 45.3 Å². The van der Waals surface area contributed by atoms with Crippen LogP contribution in [0.3, 0.4) is 0 Å². The molecule has 8 rings (SSSR count). The SMILES string of the molecule is COc1cc(C(C)(C)C)c2op(Oc3ccccc3-c3ccccc3Op3oc4ccccc4c4ccccc4o3)oc3c(C(C)(C)C)cc(OC)cc3c2c1.